The lowest BCUT2D eigenvalue weighted by Crippen LogP contribution is -2.67. The summed E-state index contributed by atoms with van der Waals surface area (Å²) in [6, 6.07) is 20.5. The summed E-state index contributed by atoms with van der Waals surface area (Å²) in [6.07, 6.45) is -1.90. The van der Waals surface area contributed by atoms with Gasteiger partial charge >= 0.3 is 6.18 Å². The standard InChI is InChI=1S/C31H30F3N3O2/c1-2-3-9-20-11-8-15-25-24-13-6-7-14-26(24)28(27(20)25)30(39)37(19-31(32,33)34)35-17-22(18-35)36-16-21-10-4-5-12-23(21)29(36)38/h4-8,10-15,22,28H,2-3,9,16-19H2,1H3. The van der Waals surface area contributed by atoms with E-state index in [0.717, 1.165) is 57.7 Å². The van der Waals surface area contributed by atoms with Crippen molar-refractivity contribution in [2.45, 2.75) is 50.9 Å². The van der Waals surface area contributed by atoms with Gasteiger partial charge in [-0.05, 0) is 52.3 Å². The van der Waals surface area contributed by atoms with Gasteiger partial charge in [0.1, 0.15) is 6.54 Å². The van der Waals surface area contributed by atoms with E-state index in [1.165, 1.54) is 5.01 Å². The van der Waals surface area contributed by atoms with Gasteiger partial charge in [-0.1, -0.05) is 74.0 Å². The first-order valence-corrected chi connectivity index (χ1v) is 13.5. The van der Waals surface area contributed by atoms with Crippen LogP contribution in [0.4, 0.5) is 13.2 Å². The Bertz CT molecular complexity index is 1430. The van der Waals surface area contributed by atoms with Crippen LogP contribution in [0.5, 0.6) is 0 Å². The fourth-order valence-electron chi connectivity index (χ4n) is 6.22. The van der Waals surface area contributed by atoms with Crippen molar-refractivity contribution in [1.82, 2.24) is 14.9 Å². The molecule has 39 heavy (non-hydrogen) atoms. The fraction of sp³-hybridized carbons (Fsp3) is 0.355. The van der Waals surface area contributed by atoms with Crippen molar-refractivity contribution in [2.24, 2.45) is 0 Å². The highest BCUT2D eigenvalue weighted by Crippen LogP contribution is 2.48. The normalized spacial score (nSPS) is 18.5. The molecule has 2 aliphatic heterocycles. The minimum absolute atomic E-state index is 0.108. The summed E-state index contributed by atoms with van der Waals surface area (Å²) in [7, 11) is 0. The quantitative estimate of drug-likeness (QED) is 0.386. The van der Waals surface area contributed by atoms with E-state index in [9.17, 15) is 22.8 Å². The summed E-state index contributed by atoms with van der Waals surface area (Å²) >= 11 is 0. The van der Waals surface area contributed by atoms with Gasteiger partial charge in [0, 0.05) is 25.2 Å². The molecule has 0 bridgehead atoms. The highest BCUT2D eigenvalue weighted by Gasteiger charge is 2.48. The van der Waals surface area contributed by atoms with Crippen molar-refractivity contribution in [2.75, 3.05) is 19.6 Å². The van der Waals surface area contributed by atoms with E-state index in [0.29, 0.717) is 12.1 Å². The maximum Gasteiger partial charge on any atom is 0.407 e. The lowest BCUT2D eigenvalue weighted by Gasteiger charge is -2.49. The molecule has 0 aromatic heterocycles. The number of halogens is 3. The Labute approximate surface area is 225 Å². The number of carbonyl (C=O) groups is 2. The van der Waals surface area contributed by atoms with Crippen LogP contribution in [-0.2, 0) is 17.8 Å². The first-order chi connectivity index (χ1) is 18.8. The molecule has 0 saturated carbocycles. The average molecular weight is 534 g/mol. The van der Waals surface area contributed by atoms with E-state index in [2.05, 4.69) is 6.92 Å². The number of carbonyl (C=O) groups excluding carboxylic acids is 2. The van der Waals surface area contributed by atoms with E-state index < -0.39 is 24.5 Å². The zero-order valence-electron chi connectivity index (χ0n) is 21.7. The molecule has 1 saturated heterocycles. The van der Waals surface area contributed by atoms with Gasteiger partial charge in [-0.2, -0.15) is 13.2 Å². The van der Waals surface area contributed by atoms with Crippen molar-refractivity contribution in [1.29, 1.82) is 0 Å². The van der Waals surface area contributed by atoms with Gasteiger partial charge in [0.05, 0.1) is 12.0 Å². The smallest absolute Gasteiger partial charge is 0.329 e. The van der Waals surface area contributed by atoms with Crippen molar-refractivity contribution in [3.05, 3.63) is 94.5 Å². The van der Waals surface area contributed by atoms with Gasteiger partial charge in [-0.25, -0.2) is 5.01 Å². The second-order valence-corrected chi connectivity index (χ2v) is 10.6. The highest BCUT2D eigenvalue weighted by atomic mass is 19.4. The molecule has 1 fully saturated rings. The van der Waals surface area contributed by atoms with Crippen LogP contribution >= 0.6 is 0 Å². The number of hydrogen-bond donors (Lipinski definition) is 0. The third kappa shape index (κ3) is 4.50. The Morgan fingerprint density at radius 3 is 2.36 bits per heavy atom. The Morgan fingerprint density at radius 1 is 0.949 bits per heavy atom. The molecule has 0 N–H and O–H groups in total. The first kappa shape index (κ1) is 25.6. The van der Waals surface area contributed by atoms with E-state index in [-0.39, 0.29) is 25.0 Å². The van der Waals surface area contributed by atoms with Gasteiger partial charge < -0.3 is 4.90 Å². The molecule has 1 aliphatic carbocycles. The van der Waals surface area contributed by atoms with Gasteiger partial charge in [0.25, 0.3) is 5.91 Å². The molecule has 2 heterocycles. The van der Waals surface area contributed by atoms with Crippen LogP contribution in [0.3, 0.4) is 0 Å². The predicted octanol–water partition coefficient (Wildman–Crippen LogP) is 5.79. The number of nitrogens with zero attached hydrogens (tertiary/aromatic N) is 3. The Morgan fingerprint density at radius 2 is 1.64 bits per heavy atom. The maximum atomic E-state index is 14.2. The largest absolute Gasteiger partial charge is 0.407 e. The van der Waals surface area contributed by atoms with Crippen molar-refractivity contribution >= 4 is 11.8 Å². The molecule has 1 atom stereocenters. The molecular weight excluding hydrogens is 503 g/mol. The number of amides is 2. The zero-order chi connectivity index (χ0) is 27.3. The number of fused-ring (bicyclic) bond motifs is 4. The number of benzene rings is 3. The number of unbranched alkanes of at least 4 members (excludes halogenated alkanes) is 1. The van der Waals surface area contributed by atoms with Crippen LogP contribution in [0.15, 0.2) is 66.7 Å². The molecule has 2 amide bonds. The lowest BCUT2D eigenvalue weighted by atomic mass is 9.89. The van der Waals surface area contributed by atoms with Gasteiger partial charge in [0.15, 0.2) is 0 Å². The third-order valence-electron chi connectivity index (χ3n) is 8.15. The Balaban J connectivity index is 1.30. The molecule has 202 valence electrons. The lowest BCUT2D eigenvalue weighted by molar-refractivity contribution is -0.207. The van der Waals surface area contributed by atoms with Crippen LogP contribution in [0.1, 0.15) is 58.3 Å². The first-order valence-electron chi connectivity index (χ1n) is 13.5. The number of rotatable bonds is 7. The fourth-order valence-corrected chi connectivity index (χ4v) is 6.22. The molecule has 5 nitrogen and oxygen atoms in total. The number of hydrogen-bond acceptors (Lipinski definition) is 3. The molecule has 8 heteroatoms. The van der Waals surface area contributed by atoms with Gasteiger partial charge in [-0.15, -0.1) is 0 Å². The van der Waals surface area contributed by atoms with Crippen LogP contribution in [0.2, 0.25) is 0 Å². The molecule has 3 aromatic rings. The van der Waals surface area contributed by atoms with Crippen molar-refractivity contribution in [3.8, 4) is 11.1 Å². The topological polar surface area (TPSA) is 43.9 Å². The van der Waals surface area contributed by atoms with E-state index >= 15 is 0 Å². The Hall–Kier alpha value is -3.65. The third-order valence-corrected chi connectivity index (χ3v) is 8.15. The monoisotopic (exact) mass is 533 g/mol. The molecule has 3 aliphatic rings. The molecule has 0 spiro atoms. The zero-order valence-corrected chi connectivity index (χ0v) is 21.7. The van der Waals surface area contributed by atoms with Crippen LogP contribution < -0.4 is 0 Å². The van der Waals surface area contributed by atoms with Gasteiger partial charge in [-0.3, -0.25) is 14.6 Å². The van der Waals surface area contributed by atoms with Crippen molar-refractivity contribution in [3.63, 3.8) is 0 Å². The van der Waals surface area contributed by atoms with E-state index in [4.69, 9.17) is 0 Å². The average Bonchev–Trinajstić information content (AvgIpc) is 3.40. The summed E-state index contributed by atoms with van der Waals surface area (Å²) < 4.78 is 41.6. The van der Waals surface area contributed by atoms with Crippen LogP contribution in [-0.4, -0.2) is 58.6 Å². The molecular formula is C31H30F3N3O2. The predicted molar refractivity (Wildman–Crippen MR) is 142 cm³/mol. The van der Waals surface area contributed by atoms with Gasteiger partial charge in [0.2, 0.25) is 5.91 Å². The number of alkyl halides is 3. The van der Waals surface area contributed by atoms with Crippen LogP contribution in [0, 0.1) is 0 Å². The second-order valence-electron chi connectivity index (χ2n) is 10.6. The molecule has 1 unspecified atom stereocenters. The molecule has 3 aromatic carbocycles. The number of hydrazine groups is 1. The number of aryl methyl sites for hydroxylation is 1. The minimum atomic E-state index is -4.57. The minimum Gasteiger partial charge on any atom is -0.329 e. The summed E-state index contributed by atoms with van der Waals surface area (Å²) in [5.74, 6) is -1.48. The van der Waals surface area contributed by atoms with Crippen molar-refractivity contribution < 1.29 is 22.8 Å². The Kier molecular flexibility index (Phi) is 6.46. The summed E-state index contributed by atoms with van der Waals surface area (Å²) in [5.41, 5.74) is 5.96. The van der Waals surface area contributed by atoms with E-state index in [1.807, 2.05) is 60.7 Å². The molecule has 0 radical (unpaired) electrons. The van der Waals surface area contributed by atoms with Crippen LogP contribution in [0.25, 0.3) is 11.1 Å². The second kappa shape index (κ2) is 9.83. The van der Waals surface area contributed by atoms with E-state index in [1.54, 1.807) is 11.0 Å². The SMILES string of the molecule is CCCCc1cccc2c1C(C(=O)N(CC(F)(F)F)N1CC(N3Cc4ccccc4C3=O)C1)c1ccccc1-2. The highest BCUT2D eigenvalue weighted by molar-refractivity contribution is 5.99. The molecule has 6 rings (SSSR count). The maximum absolute atomic E-state index is 14.2. The summed E-state index contributed by atoms with van der Waals surface area (Å²) in [4.78, 5) is 28.8. The summed E-state index contributed by atoms with van der Waals surface area (Å²) in [6.45, 7) is 1.53. The summed E-state index contributed by atoms with van der Waals surface area (Å²) in [5, 5.41) is 2.35.